The minimum absolute atomic E-state index is 0.298. The summed E-state index contributed by atoms with van der Waals surface area (Å²) in [5.74, 6) is 0. The van der Waals surface area contributed by atoms with E-state index in [4.69, 9.17) is 4.74 Å². The topological polar surface area (TPSA) is 71.5 Å². The molecule has 0 aromatic carbocycles. The smallest absolute Gasteiger partial charge is 0.412 e. The normalized spacial score (nSPS) is 15.8. The van der Waals surface area contributed by atoms with Crippen LogP contribution >= 0.6 is 31.9 Å². The Labute approximate surface area is 116 Å². The van der Waals surface area contributed by atoms with Gasteiger partial charge in [0.25, 0.3) is 0 Å². The van der Waals surface area contributed by atoms with Crippen LogP contribution in [0.5, 0.6) is 0 Å². The molecule has 7 heteroatoms. The summed E-state index contributed by atoms with van der Waals surface area (Å²) in [5, 5.41) is 11.3. The zero-order valence-corrected chi connectivity index (χ0v) is 12.2. The number of aromatic nitrogens is 1. The van der Waals surface area contributed by atoms with Crippen molar-refractivity contribution < 1.29 is 14.6 Å². The largest absolute Gasteiger partial charge is 0.438 e. The average Bonchev–Trinajstić information content (AvgIpc) is 2.29. The van der Waals surface area contributed by atoms with E-state index in [0.717, 1.165) is 0 Å². The van der Waals surface area contributed by atoms with E-state index in [2.05, 4.69) is 42.2 Å². The molecule has 2 atom stereocenters. The Bertz CT molecular complexity index is 375. The highest BCUT2D eigenvalue weighted by Gasteiger charge is 2.34. The fraction of sp³-hybridized carbons (Fsp3) is 0.400. The summed E-state index contributed by atoms with van der Waals surface area (Å²) in [4.78, 5) is 15.4. The molecule has 0 aliphatic carbocycles. The zero-order valence-electron chi connectivity index (χ0n) is 9.06. The number of aliphatic hydroxyl groups is 1. The van der Waals surface area contributed by atoms with Crippen LogP contribution in [0.25, 0.3) is 0 Å². The number of alkyl halides is 2. The van der Waals surface area contributed by atoms with Crippen LogP contribution in [0.2, 0.25) is 0 Å². The second kappa shape index (κ2) is 6.32. The summed E-state index contributed by atoms with van der Waals surface area (Å²) in [6, 6.07) is 3.38. The van der Waals surface area contributed by atoms with Gasteiger partial charge >= 0.3 is 6.09 Å². The Morgan fingerprint density at radius 1 is 1.76 bits per heavy atom. The molecule has 94 valence electrons. The molecule has 0 saturated heterocycles. The molecule has 0 saturated carbocycles. The molecular formula is C10H12Br2N2O3. The number of hydrogen-bond acceptors (Lipinski definition) is 4. The Balaban J connectivity index is 2.61. The number of halogens is 2. The average molecular weight is 368 g/mol. The van der Waals surface area contributed by atoms with Gasteiger partial charge in [-0.2, -0.15) is 0 Å². The SMILES string of the molecule is CC(CBr)(OC(=O)Nc1cccnc1)C(O)Br. The summed E-state index contributed by atoms with van der Waals surface area (Å²) in [7, 11) is 0. The van der Waals surface area contributed by atoms with Crippen molar-refractivity contribution in [1.82, 2.24) is 4.98 Å². The molecule has 1 amide bonds. The van der Waals surface area contributed by atoms with E-state index in [0.29, 0.717) is 11.0 Å². The van der Waals surface area contributed by atoms with Crippen LogP contribution in [0, 0.1) is 0 Å². The van der Waals surface area contributed by atoms with E-state index in [1.165, 1.54) is 6.20 Å². The van der Waals surface area contributed by atoms with E-state index >= 15 is 0 Å². The number of carbonyl (C=O) groups is 1. The molecule has 1 heterocycles. The summed E-state index contributed by atoms with van der Waals surface area (Å²) >= 11 is 6.16. The monoisotopic (exact) mass is 366 g/mol. The lowest BCUT2D eigenvalue weighted by Gasteiger charge is -2.29. The van der Waals surface area contributed by atoms with Crippen molar-refractivity contribution in [2.75, 3.05) is 10.6 Å². The fourth-order valence-corrected chi connectivity index (χ4v) is 2.04. The first-order chi connectivity index (χ1) is 7.98. The van der Waals surface area contributed by atoms with Crippen molar-refractivity contribution in [3.8, 4) is 0 Å². The maximum atomic E-state index is 11.6. The summed E-state index contributed by atoms with van der Waals surface area (Å²) in [5.41, 5.74) is -0.523. The molecule has 5 nitrogen and oxygen atoms in total. The minimum Gasteiger partial charge on any atom is -0.438 e. The van der Waals surface area contributed by atoms with E-state index in [-0.39, 0.29) is 0 Å². The third-order valence-corrected chi connectivity index (χ3v) is 4.08. The van der Waals surface area contributed by atoms with Crippen molar-refractivity contribution in [3.63, 3.8) is 0 Å². The van der Waals surface area contributed by atoms with Gasteiger partial charge < -0.3 is 9.84 Å². The van der Waals surface area contributed by atoms with Crippen molar-refractivity contribution in [1.29, 1.82) is 0 Å². The predicted molar refractivity (Wildman–Crippen MR) is 71.5 cm³/mol. The van der Waals surface area contributed by atoms with Gasteiger partial charge in [-0.25, -0.2) is 4.79 Å². The lowest BCUT2D eigenvalue weighted by atomic mass is 10.1. The quantitative estimate of drug-likeness (QED) is 0.802. The van der Waals surface area contributed by atoms with Gasteiger partial charge in [0, 0.05) is 11.5 Å². The summed E-state index contributed by atoms with van der Waals surface area (Å²) in [6.45, 7) is 1.60. The maximum absolute atomic E-state index is 11.6. The highest BCUT2D eigenvalue weighted by atomic mass is 79.9. The Morgan fingerprint density at radius 2 is 2.47 bits per heavy atom. The van der Waals surface area contributed by atoms with Gasteiger partial charge in [0.2, 0.25) is 0 Å². The molecule has 1 aromatic heterocycles. The standard InChI is InChI=1S/C10H12Br2N2O3/c1-10(6-11,8(12)15)17-9(16)14-7-3-2-4-13-5-7/h2-5,8,15H,6H2,1H3,(H,14,16). The van der Waals surface area contributed by atoms with Crippen LogP contribution in [-0.4, -0.2) is 32.1 Å². The number of rotatable bonds is 4. The number of hydrogen-bond donors (Lipinski definition) is 2. The highest BCUT2D eigenvalue weighted by Crippen LogP contribution is 2.23. The molecule has 2 unspecified atom stereocenters. The van der Waals surface area contributed by atoms with E-state index in [9.17, 15) is 9.90 Å². The first-order valence-electron chi connectivity index (χ1n) is 4.76. The van der Waals surface area contributed by atoms with Gasteiger partial charge in [-0.1, -0.05) is 31.9 Å². The minimum atomic E-state index is -1.05. The number of nitrogens with one attached hydrogen (secondary N) is 1. The maximum Gasteiger partial charge on any atom is 0.412 e. The molecule has 0 aliphatic rings. The Morgan fingerprint density at radius 3 is 2.94 bits per heavy atom. The van der Waals surface area contributed by atoms with Gasteiger partial charge in [0.1, 0.15) is 5.01 Å². The van der Waals surface area contributed by atoms with Crippen molar-refractivity contribution >= 4 is 43.6 Å². The van der Waals surface area contributed by atoms with Crippen LogP contribution < -0.4 is 5.32 Å². The third kappa shape index (κ3) is 4.25. The number of pyridine rings is 1. The molecule has 2 N–H and O–H groups in total. The molecular weight excluding hydrogens is 356 g/mol. The second-order valence-electron chi connectivity index (χ2n) is 3.54. The van der Waals surface area contributed by atoms with Gasteiger partial charge in [-0.05, 0) is 19.1 Å². The number of nitrogens with zero attached hydrogens (tertiary/aromatic N) is 1. The summed E-state index contributed by atoms with van der Waals surface area (Å²) < 4.78 is 5.13. The first-order valence-corrected chi connectivity index (χ1v) is 6.80. The van der Waals surface area contributed by atoms with Crippen LogP contribution in [0.3, 0.4) is 0 Å². The van der Waals surface area contributed by atoms with Gasteiger partial charge in [-0.15, -0.1) is 0 Å². The first kappa shape index (κ1) is 14.4. The molecule has 0 radical (unpaired) electrons. The van der Waals surface area contributed by atoms with Crippen molar-refractivity contribution in [2.24, 2.45) is 0 Å². The number of ether oxygens (including phenoxy) is 1. The van der Waals surface area contributed by atoms with Crippen LogP contribution in [0.15, 0.2) is 24.5 Å². The fourth-order valence-electron chi connectivity index (χ4n) is 0.931. The summed E-state index contributed by atoms with van der Waals surface area (Å²) in [6.07, 6.45) is 2.44. The highest BCUT2D eigenvalue weighted by molar-refractivity contribution is 9.10. The van der Waals surface area contributed by atoms with Crippen LogP contribution in [-0.2, 0) is 4.74 Å². The van der Waals surface area contributed by atoms with E-state index in [1.54, 1.807) is 25.3 Å². The van der Waals surface area contributed by atoms with Gasteiger partial charge in [-0.3, -0.25) is 10.3 Å². The lowest BCUT2D eigenvalue weighted by Crippen LogP contribution is -2.43. The van der Waals surface area contributed by atoms with Crippen molar-refractivity contribution in [2.45, 2.75) is 17.5 Å². The molecule has 1 rings (SSSR count). The number of amides is 1. The lowest BCUT2D eigenvalue weighted by molar-refractivity contribution is -0.00517. The molecule has 0 fully saturated rings. The molecule has 0 spiro atoms. The van der Waals surface area contributed by atoms with Crippen molar-refractivity contribution in [3.05, 3.63) is 24.5 Å². The molecule has 0 bridgehead atoms. The number of carbonyl (C=O) groups excluding carboxylic acids is 1. The van der Waals surface area contributed by atoms with Crippen LogP contribution in [0.1, 0.15) is 6.92 Å². The van der Waals surface area contributed by atoms with E-state index < -0.39 is 16.7 Å². The van der Waals surface area contributed by atoms with Gasteiger partial charge in [0.05, 0.1) is 11.9 Å². The third-order valence-electron chi connectivity index (χ3n) is 2.00. The molecule has 0 aliphatic heterocycles. The predicted octanol–water partition coefficient (Wildman–Crippen LogP) is 2.50. The second-order valence-corrected chi connectivity index (χ2v) is 4.97. The van der Waals surface area contributed by atoms with Crippen LogP contribution in [0.4, 0.5) is 10.5 Å². The Kier molecular flexibility index (Phi) is 5.35. The number of aliphatic hydroxyl groups excluding tert-OH is 1. The number of anilines is 1. The Hall–Kier alpha value is -0.660. The van der Waals surface area contributed by atoms with E-state index in [1.807, 2.05) is 0 Å². The molecule has 1 aromatic rings. The van der Waals surface area contributed by atoms with Gasteiger partial charge in [0.15, 0.2) is 5.60 Å². The zero-order chi connectivity index (χ0) is 12.9. The molecule has 17 heavy (non-hydrogen) atoms.